The molecule has 0 aliphatic rings. The van der Waals surface area contributed by atoms with Crippen LogP contribution in [0.5, 0.6) is 0 Å². The lowest BCUT2D eigenvalue weighted by Crippen LogP contribution is -2.19. The summed E-state index contributed by atoms with van der Waals surface area (Å²) in [4.78, 5) is 11.4. The monoisotopic (exact) mass is 244 g/mol. The summed E-state index contributed by atoms with van der Waals surface area (Å²) < 4.78 is 33.2. The van der Waals surface area contributed by atoms with E-state index in [2.05, 4.69) is 4.18 Å². The summed E-state index contributed by atoms with van der Waals surface area (Å²) in [6, 6.07) is 8.64. The summed E-state index contributed by atoms with van der Waals surface area (Å²) in [7, 11) is -4.74. The Morgan fingerprint density at radius 3 is 2.38 bits per heavy atom. The first-order valence-electron chi connectivity index (χ1n) is 4.69. The Morgan fingerprint density at radius 2 is 1.94 bits per heavy atom. The molecule has 0 radical (unpaired) electrons. The van der Waals surface area contributed by atoms with E-state index in [9.17, 15) is 13.2 Å². The van der Waals surface area contributed by atoms with Crippen molar-refractivity contribution in [1.29, 1.82) is 0 Å². The van der Waals surface area contributed by atoms with Gasteiger partial charge < -0.3 is 4.18 Å². The van der Waals surface area contributed by atoms with Crippen LogP contribution in [0.3, 0.4) is 0 Å². The van der Waals surface area contributed by atoms with E-state index in [0.29, 0.717) is 12.0 Å². The first-order chi connectivity index (χ1) is 7.44. The molecule has 0 heterocycles. The molecule has 1 atom stereocenters. The van der Waals surface area contributed by atoms with Crippen LogP contribution in [-0.4, -0.2) is 18.9 Å². The van der Waals surface area contributed by atoms with E-state index in [4.69, 9.17) is 4.55 Å². The number of hydrogen-bond donors (Lipinski definition) is 1. The zero-order chi connectivity index (χ0) is 12.2. The molecule has 1 rings (SSSR count). The zero-order valence-corrected chi connectivity index (χ0v) is 9.48. The van der Waals surface area contributed by atoms with Crippen molar-refractivity contribution < 1.29 is 21.9 Å². The largest absolute Gasteiger partial charge is 0.448 e. The predicted octanol–water partition coefficient (Wildman–Crippen LogP) is 1.53. The highest BCUT2D eigenvalue weighted by atomic mass is 32.3. The van der Waals surface area contributed by atoms with Crippen molar-refractivity contribution in [2.75, 3.05) is 0 Å². The molecular formula is C10H12O5S. The lowest BCUT2D eigenvalue weighted by molar-refractivity contribution is -0.136. The van der Waals surface area contributed by atoms with Crippen molar-refractivity contribution in [3.63, 3.8) is 0 Å². The number of hydrogen-bond acceptors (Lipinski definition) is 4. The van der Waals surface area contributed by atoms with E-state index in [1.165, 1.54) is 0 Å². The van der Waals surface area contributed by atoms with Gasteiger partial charge in [0.1, 0.15) is 0 Å². The van der Waals surface area contributed by atoms with Crippen LogP contribution in [0.2, 0.25) is 0 Å². The minimum atomic E-state index is -4.74. The van der Waals surface area contributed by atoms with Gasteiger partial charge in [0.2, 0.25) is 0 Å². The first kappa shape index (κ1) is 12.7. The average Bonchev–Trinajstić information content (AvgIpc) is 2.17. The molecular weight excluding hydrogens is 232 g/mol. The van der Waals surface area contributed by atoms with Crippen molar-refractivity contribution in [3.8, 4) is 0 Å². The van der Waals surface area contributed by atoms with Gasteiger partial charge in [0.25, 0.3) is 0 Å². The van der Waals surface area contributed by atoms with Crippen molar-refractivity contribution in [1.82, 2.24) is 0 Å². The van der Waals surface area contributed by atoms with Gasteiger partial charge in [0.05, 0.1) is 5.92 Å². The van der Waals surface area contributed by atoms with Crippen molar-refractivity contribution in [2.45, 2.75) is 19.3 Å². The standard InChI is InChI=1S/C10H12O5S/c1-2-9(8-6-4-3-5-7-8)10(11)15-16(12,13)14/h3-7,9H,2H2,1H3,(H,12,13,14). The topological polar surface area (TPSA) is 80.7 Å². The molecule has 1 unspecified atom stereocenters. The molecule has 0 amide bonds. The van der Waals surface area contributed by atoms with Gasteiger partial charge in [0.15, 0.2) is 0 Å². The summed E-state index contributed by atoms with van der Waals surface area (Å²) >= 11 is 0. The van der Waals surface area contributed by atoms with Crippen LogP contribution in [0.15, 0.2) is 30.3 Å². The first-order valence-corrected chi connectivity index (χ1v) is 6.06. The summed E-state index contributed by atoms with van der Waals surface area (Å²) in [5.74, 6) is -1.67. The molecule has 1 aromatic carbocycles. The molecule has 16 heavy (non-hydrogen) atoms. The average molecular weight is 244 g/mol. The second kappa shape index (κ2) is 5.09. The summed E-state index contributed by atoms with van der Waals surface area (Å²) in [5.41, 5.74) is 0.652. The van der Waals surface area contributed by atoms with Gasteiger partial charge in [-0.3, -0.25) is 9.35 Å². The molecule has 5 nitrogen and oxygen atoms in total. The molecule has 0 aliphatic heterocycles. The van der Waals surface area contributed by atoms with Crippen LogP contribution >= 0.6 is 0 Å². The van der Waals surface area contributed by atoms with Crippen LogP contribution in [0.1, 0.15) is 24.8 Å². The second-order valence-electron chi connectivity index (χ2n) is 3.20. The summed E-state index contributed by atoms with van der Waals surface area (Å²) in [5, 5.41) is 0. The van der Waals surface area contributed by atoms with E-state index >= 15 is 0 Å². The summed E-state index contributed by atoms with van der Waals surface area (Å²) in [6.45, 7) is 1.73. The van der Waals surface area contributed by atoms with Crippen molar-refractivity contribution >= 4 is 16.4 Å². The molecule has 88 valence electrons. The molecule has 6 heteroatoms. The third-order valence-electron chi connectivity index (χ3n) is 2.08. The molecule has 0 bridgehead atoms. The third kappa shape index (κ3) is 3.63. The third-order valence-corrected chi connectivity index (χ3v) is 2.46. The minimum absolute atomic E-state index is 0.387. The molecule has 1 aromatic rings. The second-order valence-corrected chi connectivity index (χ2v) is 4.22. The Balaban J connectivity index is 2.88. The fourth-order valence-corrected chi connectivity index (χ4v) is 1.71. The Hall–Kier alpha value is -1.40. The molecule has 0 saturated heterocycles. The van der Waals surface area contributed by atoms with Crippen LogP contribution in [0.4, 0.5) is 0 Å². The van der Waals surface area contributed by atoms with E-state index in [-0.39, 0.29) is 0 Å². The molecule has 0 fully saturated rings. The maximum atomic E-state index is 11.4. The number of carbonyl (C=O) groups excluding carboxylic acids is 1. The van der Waals surface area contributed by atoms with Crippen LogP contribution in [0, 0.1) is 0 Å². The lowest BCUT2D eigenvalue weighted by atomic mass is 9.97. The van der Waals surface area contributed by atoms with E-state index in [0.717, 1.165) is 0 Å². The maximum absolute atomic E-state index is 11.4. The SMILES string of the molecule is CCC(C(=O)OS(=O)(=O)O)c1ccccc1. The highest BCUT2D eigenvalue weighted by Gasteiger charge is 2.24. The number of benzene rings is 1. The van der Waals surface area contributed by atoms with Gasteiger partial charge >= 0.3 is 16.4 Å². The van der Waals surface area contributed by atoms with Gasteiger partial charge in [-0.2, -0.15) is 8.42 Å². The van der Waals surface area contributed by atoms with Crippen LogP contribution in [-0.2, 0) is 19.4 Å². The van der Waals surface area contributed by atoms with E-state index in [1.807, 2.05) is 0 Å². The highest BCUT2D eigenvalue weighted by Crippen LogP contribution is 2.21. The van der Waals surface area contributed by atoms with Crippen LogP contribution < -0.4 is 0 Å². The fraction of sp³-hybridized carbons (Fsp3) is 0.300. The van der Waals surface area contributed by atoms with Crippen molar-refractivity contribution in [3.05, 3.63) is 35.9 Å². The zero-order valence-electron chi connectivity index (χ0n) is 8.66. The molecule has 0 spiro atoms. The maximum Gasteiger partial charge on any atom is 0.448 e. The molecule has 1 N–H and O–H groups in total. The van der Waals surface area contributed by atoms with E-state index in [1.54, 1.807) is 37.3 Å². The fourth-order valence-electron chi connectivity index (χ4n) is 1.39. The molecule has 0 aliphatic carbocycles. The minimum Gasteiger partial charge on any atom is -0.324 e. The normalized spacial score (nSPS) is 13.1. The Labute approximate surface area is 94.0 Å². The van der Waals surface area contributed by atoms with Gasteiger partial charge in [-0.05, 0) is 12.0 Å². The Bertz CT molecular complexity index is 451. The quantitative estimate of drug-likeness (QED) is 0.812. The van der Waals surface area contributed by atoms with E-state index < -0.39 is 22.3 Å². The molecule has 0 saturated carbocycles. The van der Waals surface area contributed by atoms with Gasteiger partial charge in [-0.1, -0.05) is 37.3 Å². The predicted molar refractivity (Wildman–Crippen MR) is 57.1 cm³/mol. The Morgan fingerprint density at radius 1 is 1.38 bits per heavy atom. The number of carbonyl (C=O) groups is 1. The van der Waals surface area contributed by atoms with Gasteiger partial charge in [0, 0.05) is 0 Å². The van der Waals surface area contributed by atoms with Gasteiger partial charge in [-0.25, -0.2) is 0 Å². The number of rotatable bonds is 4. The summed E-state index contributed by atoms with van der Waals surface area (Å²) in [6.07, 6.45) is 0.387. The van der Waals surface area contributed by atoms with Crippen molar-refractivity contribution in [2.24, 2.45) is 0 Å². The van der Waals surface area contributed by atoms with Crippen LogP contribution in [0.25, 0.3) is 0 Å². The van der Waals surface area contributed by atoms with Gasteiger partial charge in [-0.15, -0.1) is 0 Å². The molecule has 0 aromatic heterocycles. The highest BCUT2D eigenvalue weighted by molar-refractivity contribution is 7.81. The Kier molecular flexibility index (Phi) is 4.03. The lowest BCUT2D eigenvalue weighted by Gasteiger charge is -2.12. The smallest absolute Gasteiger partial charge is 0.324 e.